The number of carbonyl (C=O) groups excluding carboxylic acids is 2. The number of aromatic hydroxyl groups is 1. The predicted molar refractivity (Wildman–Crippen MR) is 78.4 cm³/mol. The minimum atomic E-state index is -0.344. The molecular weight excluding hydrogens is 276 g/mol. The van der Waals surface area contributed by atoms with Gasteiger partial charge in [-0.15, -0.1) is 0 Å². The number of carbonyl (C=O) groups is 2. The fourth-order valence-electron chi connectivity index (χ4n) is 2.77. The number of rotatable bonds is 4. The van der Waals surface area contributed by atoms with Crippen LogP contribution in [0.5, 0.6) is 5.75 Å². The van der Waals surface area contributed by atoms with Crippen molar-refractivity contribution in [3.05, 3.63) is 28.3 Å². The molecule has 0 bridgehead atoms. The summed E-state index contributed by atoms with van der Waals surface area (Å²) in [6.45, 7) is 1.68. The van der Waals surface area contributed by atoms with Crippen molar-refractivity contribution < 1.29 is 14.7 Å². The lowest BCUT2D eigenvalue weighted by atomic mass is 9.84. The molecule has 0 spiro atoms. The molecule has 4 heteroatoms. The largest absolute Gasteiger partial charge is 0.507 e. The number of hydrogen-bond acceptors (Lipinski definition) is 3. The molecule has 1 N–H and O–H groups in total. The second-order valence-corrected chi connectivity index (χ2v) is 5.96. The van der Waals surface area contributed by atoms with Crippen LogP contribution < -0.4 is 0 Å². The highest BCUT2D eigenvalue weighted by atomic mass is 35.5. The second-order valence-electron chi connectivity index (χ2n) is 5.52. The van der Waals surface area contributed by atoms with Crippen LogP contribution in [0.4, 0.5) is 0 Å². The van der Waals surface area contributed by atoms with E-state index in [2.05, 4.69) is 0 Å². The standard InChI is InChI=1S/C16H19ClO3/c1-10-7-12(17)8-13(16(10)20)15(19)9-14(18)11-5-3-2-4-6-11/h7-8,11,20H,2-6,9H2,1H3. The van der Waals surface area contributed by atoms with Crippen molar-refractivity contribution in [1.82, 2.24) is 0 Å². The van der Waals surface area contributed by atoms with Crippen molar-refractivity contribution in [3.8, 4) is 5.75 Å². The lowest BCUT2D eigenvalue weighted by molar-refractivity contribution is -0.122. The summed E-state index contributed by atoms with van der Waals surface area (Å²) in [7, 11) is 0. The summed E-state index contributed by atoms with van der Waals surface area (Å²) in [5.41, 5.74) is 0.699. The van der Waals surface area contributed by atoms with Gasteiger partial charge in [-0.05, 0) is 37.5 Å². The van der Waals surface area contributed by atoms with Crippen LogP contribution in [-0.4, -0.2) is 16.7 Å². The van der Waals surface area contributed by atoms with Crippen LogP contribution in [0, 0.1) is 12.8 Å². The SMILES string of the molecule is Cc1cc(Cl)cc(C(=O)CC(=O)C2CCCCC2)c1O. The average molecular weight is 295 g/mol. The van der Waals surface area contributed by atoms with E-state index in [1.54, 1.807) is 13.0 Å². The van der Waals surface area contributed by atoms with E-state index in [0.29, 0.717) is 10.6 Å². The number of phenolic OH excluding ortho intramolecular Hbond substituents is 1. The molecular formula is C16H19ClO3. The Kier molecular flexibility index (Phi) is 4.81. The van der Waals surface area contributed by atoms with Gasteiger partial charge in [-0.2, -0.15) is 0 Å². The molecule has 1 aromatic rings. The van der Waals surface area contributed by atoms with Gasteiger partial charge < -0.3 is 5.11 Å². The number of aryl methyl sites for hydroxylation is 1. The summed E-state index contributed by atoms with van der Waals surface area (Å²) in [5.74, 6) is -0.415. The van der Waals surface area contributed by atoms with Crippen LogP contribution in [-0.2, 0) is 4.79 Å². The fraction of sp³-hybridized carbons (Fsp3) is 0.500. The molecule has 1 aromatic carbocycles. The normalized spacial score (nSPS) is 16.1. The maximum absolute atomic E-state index is 12.2. The lowest BCUT2D eigenvalue weighted by Gasteiger charge is -2.20. The van der Waals surface area contributed by atoms with E-state index in [0.717, 1.165) is 25.7 Å². The smallest absolute Gasteiger partial charge is 0.174 e. The Morgan fingerprint density at radius 1 is 1.25 bits per heavy atom. The van der Waals surface area contributed by atoms with Crippen LogP contribution in [0.3, 0.4) is 0 Å². The zero-order valence-corrected chi connectivity index (χ0v) is 12.4. The monoisotopic (exact) mass is 294 g/mol. The Labute approximate surface area is 123 Å². The van der Waals surface area contributed by atoms with Crippen molar-refractivity contribution in [2.45, 2.75) is 45.4 Å². The van der Waals surface area contributed by atoms with Crippen LogP contribution in [0.15, 0.2) is 12.1 Å². The molecule has 0 aliphatic heterocycles. The molecule has 0 unspecified atom stereocenters. The van der Waals surface area contributed by atoms with Gasteiger partial charge in [0.1, 0.15) is 11.5 Å². The highest BCUT2D eigenvalue weighted by molar-refractivity contribution is 6.31. The molecule has 20 heavy (non-hydrogen) atoms. The lowest BCUT2D eigenvalue weighted by Crippen LogP contribution is -2.20. The Morgan fingerprint density at radius 2 is 1.90 bits per heavy atom. The van der Waals surface area contributed by atoms with Gasteiger partial charge in [-0.3, -0.25) is 9.59 Å². The van der Waals surface area contributed by atoms with Crippen LogP contribution in [0.2, 0.25) is 5.02 Å². The van der Waals surface area contributed by atoms with Gasteiger partial charge in [0.2, 0.25) is 0 Å². The van der Waals surface area contributed by atoms with Gasteiger partial charge in [0.15, 0.2) is 5.78 Å². The van der Waals surface area contributed by atoms with Crippen LogP contribution in [0.25, 0.3) is 0 Å². The summed E-state index contributed by atoms with van der Waals surface area (Å²) in [6.07, 6.45) is 4.92. The molecule has 2 rings (SSSR count). The van der Waals surface area contributed by atoms with Crippen molar-refractivity contribution in [2.75, 3.05) is 0 Å². The number of Topliss-reactive ketones (excluding diaryl/α,β-unsaturated/α-hetero) is 2. The van der Waals surface area contributed by atoms with Crippen molar-refractivity contribution in [3.63, 3.8) is 0 Å². The molecule has 0 radical (unpaired) electrons. The minimum absolute atomic E-state index is 0.00766. The molecule has 1 aliphatic rings. The second kappa shape index (κ2) is 6.40. The summed E-state index contributed by atoms with van der Waals surface area (Å²) >= 11 is 5.90. The van der Waals surface area contributed by atoms with E-state index in [4.69, 9.17) is 11.6 Å². The van der Waals surface area contributed by atoms with E-state index < -0.39 is 0 Å². The van der Waals surface area contributed by atoms with Gasteiger partial charge in [-0.1, -0.05) is 30.9 Å². The number of ketones is 2. The van der Waals surface area contributed by atoms with Gasteiger partial charge in [0.05, 0.1) is 12.0 Å². The van der Waals surface area contributed by atoms with Crippen molar-refractivity contribution >= 4 is 23.2 Å². The maximum atomic E-state index is 12.2. The summed E-state index contributed by atoms with van der Waals surface area (Å²) < 4.78 is 0. The Morgan fingerprint density at radius 3 is 2.55 bits per heavy atom. The Bertz CT molecular complexity index is 531. The first-order valence-electron chi connectivity index (χ1n) is 7.04. The van der Waals surface area contributed by atoms with E-state index in [9.17, 15) is 14.7 Å². The molecule has 3 nitrogen and oxygen atoms in total. The van der Waals surface area contributed by atoms with Crippen molar-refractivity contribution in [2.24, 2.45) is 5.92 Å². The van der Waals surface area contributed by atoms with E-state index in [-0.39, 0.29) is 35.2 Å². The Hall–Kier alpha value is -1.35. The third-order valence-corrected chi connectivity index (χ3v) is 4.18. The van der Waals surface area contributed by atoms with Crippen molar-refractivity contribution in [1.29, 1.82) is 0 Å². The van der Waals surface area contributed by atoms with Gasteiger partial charge in [-0.25, -0.2) is 0 Å². The minimum Gasteiger partial charge on any atom is -0.507 e. The van der Waals surface area contributed by atoms with Gasteiger partial charge >= 0.3 is 0 Å². The van der Waals surface area contributed by atoms with Crippen LogP contribution in [0.1, 0.15) is 54.4 Å². The average Bonchev–Trinajstić information content (AvgIpc) is 2.43. The maximum Gasteiger partial charge on any atom is 0.174 e. The molecule has 0 heterocycles. The first kappa shape index (κ1) is 15.0. The van der Waals surface area contributed by atoms with E-state index in [1.807, 2.05) is 0 Å². The summed E-state index contributed by atoms with van der Waals surface area (Å²) in [5, 5.41) is 10.3. The summed E-state index contributed by atoms with van der Waals surface area (Å²) in [6, 6.07) is 3.02. The third kappa shape index (κ3) is 3.40. The molecule has 1 fully saturated rings. The number of benzene rings is 1. The molecule has 1 saturated carbocycles. The van der Waals surface area contributed by atoms with Gasteiger partial charge in [0.25, 0.3) is 0 Å². The number of phenols is 1. The highest BCUT2D eigenvalue weighted by Crippen LogP contribution is 2.29. The van der Waals surface area contributed by atoms with E-state index in [1.165, 1.54) is 12.5 Å². The molecule has 0 amide bonds. The Balaban J connectivity index is 2.10. The fourth-order valence-corrected chi connectivity index (χ4v) is 3.04. The quantitative estimate of drug-likeness (QED) is 0.672. The molecule has 1 aliphatic carbocycles. The number of halogens is 1. The first-order valence-corrected chi connectivity index (χ1v) is 7.42. The molecule has 0 atom stereocenters. The molecule has 0 saturated heterocycles. The molecule has 0 aromatic heterocycles. The zero-order valence-electron chi connectivity index (χ0n) is 11.6. The first-order chi connectivity index (χ1) is 9.49. The number of hydrogen-bond donors (Lipinski definition) is 1. The van der Waals surface area contributed by atoms with Crippen LogP contribution >= 0.6 is 11.6 Å². The predicted octanol–water partition coefficient (Wildman–Crippen LogP) is 4.08. The topological polar surface area (TPSA) is 54.4 Å². The van der Waals surface area contributed by atoms with E-state index >= 15 is 0 Å². The highest BCUT2D eigenvalue weighted by Gasteiger charge is 2.25. The summed E-state index contributed by atoms with van der Waals surface area (Å²) in [4.78, 5) is 24.3. The third-order valence-electron chi connectivity index (χ3n) is 3.96. The molecule has 108 valence electrons. The zero-order chi connectivity index (χ0) is 14.7. The van der Waals surface area contributed by atoms with Gasteiger partial charge in [0, 0.05) is 10.9 Å².